The van der Waals surface area contributed by atoms with Gasteiger partial charge < -0.3 is 14.4 Å². The van der Waals surface area contributed by atoms with Crippen molar-refractivity contribution >= 4 is 27.6 Å². The van der Waals surface area contributed by atoms with E-state index < -0.39 is 0 Å². The monoisotopic (exact) mass is 362 g/mol. The van der Waals surface area contributed by atoms with Gasteiger partial charge in [0.15, 0.2) is 16.8 Å². The van der Waals surface area contributed by atoms with E-state index in [1.807, 2.05) is 30.3 Å². The lowest BCUT2D eigenvalue weighted by Crippen LogP contribution is -2.21. The van der Waals surface area contributed by atoms with Gasteiger partial charge in [-0.3, -0.25) is 4.79 Å². The molecule has 5 nitrogen and oxygen atoms in total. The summed E-state index contributed by atoms with van der Waals surface area (Å²) in [5.74, 6) is 0.474. The van der Waals surface area contributed by atoms with Crippen molar-refractivity contribution in [3.05, 3.63) is 58.3 Å². The van der Waals surface area contributed by atoms with Gasteiger partial charge in [-0.15, -0.1) is 0 Å². The van der Waals surface area contributed by atoms with Gasteiger partial charge in [0.2, 0.25) is 0 Å². The third kappa shape index (κ3) is 2.94. The molecule has 0 saturated carbocycles. The summed E-state index contributed by atoms with van der Waals surface area (Å²) in [6, 6.07) is 13.1. The molecular formula is C22H22N2O3. The quantitative estimate of drug-likeness (QED) is 0.432. The summed E-state index contributed by atoms with van der Waals surface area (Å²) < 4.78 is 6.10. The molecular weight excluding hydrogens is 340 g/mol. The molecule has 1 aliphatic heterocycles. The van der Waals surface area contributed by atoms with Crippen LogP contribution in [0.3, 0.4) is 0 Å². The minimum absolute atomic E-state index is 0.0155. The van der Waals surface area contributed by atoms with Crippen LogP contribution in [0.2, 0.25) is 0 Å². The van der Waals surface area contributed by atoms with Crippen LogP contribution in [0.15, 0.2) is 51.7 Å². The summed E-state index contributed by atoms with van der Waals surface area (Å²) in [6.07, 6.45) is 0.469. The minimum Gasteiger partial charge on any atom is -0.453 e. The van der Waals surface area contributed by atoms with Gasteiger partial charge in [0, 0.05) is 48.3 Å². The first kappa shape index (κ1) is 17.5. The molecule has 0 unspecified atom stereocenters. The molecule has 0 fully saturated rings. The highest BCUT2D eigenvalue weighted by molar-refractivity contribution is 5.99. The fraction of sp³-hybridized carbons (Fsp3) is 0.273. The van der Waals surface area contributed by atoms with Crippen molar-refractivity contribution in [1.82, 2.24) is 4.98 Å². The Labute approximate surface area is 157 Å². The molecule has 0 spiro atoms. The molecule has 1 heterocycles. The van der Waals surface area contributed by atoms with E-state index in [-0.39, 0.29) is 12.0 Å². The molecule has 5 heteroatoms. The molecule has 2 aliphatic rings. The maximum absolute atomic E-state index is 12.6. The zero-order valence-corrected chi connectivity index (χ0v) is 15.5. The third-order valence-electron chi connectivity index (χ3n) is 5.05. The maximum Gasteiger partial charge on any atom is 0.190 e. The van der Waals surface area contributed by atoms with Crippen molar-refractivity contribution in [1.29, 1.82) is 0 Å². The number of nitrogens with zero attached hydrogens (tertiary/aromatic N) is 2. The predicted molar refractivity (Wildman–Crippen MR) is 109 cm³/mol. The van der Waals surface area contributed by atoms with E-state index >= 15 is 0 Å². The number of hydrogen-bond donors (Lipinski definition) is 1. The number of rotatable bonds is 5. The fourth-order valence-corrected chi connectivity index (χ4v) is 3.69. The first-order chi connectivity index (χ1) is 13.2. The Morgan fingerprint density at radius 1 is 1.11 bits per heavy atom. The lowest BCUT2D eigenvalue weighted by atomic mass is 9.98. The lowest BCUT2D eigenvalue weighted by molar-refractivity contribution is 0.300. The van der Waals surface area contributed by atoms with Crippen molar-refractivity contribution < 1.29 is 9.52 Å². The predicted octanol–water partition coefficient (Wildman–Crippen LogP) is 3.83. The van der Waals surface area contributed by atoms with Crippen molar-refractivity contribution in [2.24, 2.45) is 0 Å². The molecule has 0 atom stereocenters. The minimum atomic E-state index is -0.0953. The molecule has 0 amide bonds. The Morgan fingerprint density at radius 3 is 2.67 bits per heavy atom. The Bertz CT molecular complexity index is 1150. The normalized spacial score (nSPS) is 11.5. The van der Waals surface area contributed by atoms with E-state index in [2.05, 4.69) is 18.7 Å². The van der Waals surface area contributed by atoms with Gasteiger partial charge in [0.25, 0.3) is 0 Å². The second-order valence-corrected chi connectivity index (χ2v) is 6.57. The van der Waals surface area contributed by atoms with Gasteiger partial charge in [-0.25, -0.2) is 4.98 Å². The van der Waals surface area contributed by atoms with Crippen LogP contribution in [-0.2, 0) is 6.42 Å². The first-order valence-corrected chi connectivity index (χ1v) is 9.31. The Balaban J connectivity index is 2.03. The van der Waals surface area contributed by atoms with E-state index in [0.717, 1.165) is 35.2 Å². The SMILES string of the molecule is CCN(CC)c1ccc2nc3c4c(CCO)cccc4c(=O)cc-3oc2c1. The van der Waals surface area contributed by atoms with Gasteiger partial charge in [-0.2, -0.15) is 0 Å². The topological polar surface area (TPSA) is 66.6 Å². The van der Waals surface area contributed by atoms with Gasteiger partial charge >= 0.3 is 0 Å². The zero-order chi connectivity index (χ0) is 19.0. The molecule has 1 aliphatic carbocycles. The molecule has 2 aromatic rings. The van der Waals surface area contributed by atoms with E-state index in [0.29, 0.717) is 28.8 Å². The van der Waals surface area contributed by atoms with Gasteiger partial charge in [-0.05, 0) is 38.0 Å². The Hall–Kier alpha value is -2.92. The van der Waals surface area contributed by atoms with Crippen LogP contribution in [0.4, 0.5) is 5.69 Å². The second-order valence-electron chi connectivity index (χ2n) is 6.57. The summed E-state index contributed by atoms with van der Waals surface area (Å²) >= 11 is 0. The van der Waals surface area contributed by atoms with Crippen LogP contribution < -0.4 is 10.3 Å². The standard InChI is InChI=1S/C22H22N2O3/c1-3-24(4-2)15-8-9-17-19(12-15)27-20-13-18(26)16-7-5-6-14(10-11-25)21(16)22(20)23-17/h5-9,12-13,25H,3-4,10-11H2,1-2H3. The zero-order valence-electron chi connectivity index (χ0n) is 15.5. The summed E-state index contributed by atoms with van der Waals surface area (Å²) in [5, 5.41) is 10.8. The molecule has 138 valence electrons. The second kappa shape index (κ2) is 7.00. The molecule has 27 heavy (non-hydrogen) atoms. The smallest absolute Gasteiger partial charge is 0.190 e. The van der Waals surface area contributed by atoms with Crippen molar-refractivity contribution in [2.75, 3.05) is 24.6 Å². The highest BCUT2D eigenvalue weighted by Crippen LogP contribution is 2.33. The van der Waals surface area contributed by atoms with E-state index in [4.69, 9.17) is 9.40 Å². The van der Waals surface area contributed by atoms with Gasteiger partial charge in [0.1, 0.15) is 11.2 Å². The van der Waals surface area contributed by atoms with Crippen molar-refractivity contribution in [3.63, 3.8) is 0 Å². The third-order valence-corrected chi connectivity index (χ3v) is 5.05. The number of aromatic nitrogens is 1. The van der Waals surface area contributed by atoms with Crippen LogP contribution in [0.1, 0.15) is 19.4 Å². The molecule has 0 aromatic heterocycles. The summed E-state index contributed by atoms with van der Waals surface area (Å²) in [6.45, 7) is 6.05. The van der Waals surface area contributed by atoms with Crippen LogP contribution in [0.5, 0.6) is 0 Å². The van der Waals surface area contributed by atoms with E-state index in [1.54, 1.807) is 6.07 Å². The van der Waals surface area contributed by atoms with Crippen LogP contribution >= 0.6 is 0 Å². The van der Waals surface area contributed by atoms with Gasteiger partial charge in [-0.1, -0.05) is 18.2 Å². The molecule has 4 rings (SSSR count). The number of hydrogen-bond acceptors (Lipinski definition) is 5. The van der Waals surface area contributed by atoms with Gasteiger partial charge in [0.05, 0.1) is 0 Å². The lowest BCUT2D eigenvalue weighted by Gasteiger charge is -2.21. The number of aliphatic hydroxyl groups excluding tert-OH is 1. The molecule has 0 radical (unpaired) electrons. The maximum atomic E-state index is 12.6. The highest BCUT2D eigenvalue weighted by atomic mass is 16.3. The number of aliphatic hydroxyl groups is 1. The van der Waals surface area contributed by atoms with Crippen LogP contribution in [0, 0.1) is 0 Å². The highest BCUT2D eigenvalue weighted by Gasteiger charge is 2.18. The number of anilines is 1. The van der Waals surface area contributed by atoms with Crippen molar-refractivity contribution in [3.8, 4) is 11.5 Å². The molecule has 0 bridgehead atoms. The number of benzene rings is 3. The van der Waals surface area contributed by atoms with Crippen molar-refractivity contribution in [2.45, 2.75) is 20.3 Å². The average molecular weight is 362 g/mol. The number of fused-ring (bicyclic) bond motifs is 4. The molecule has 2 aromatic carbocycles. The fourth-order valence-electron chi connectivity index (χ4n) is 3.69. The summed E-state index contributed by atoms with van der Waals surface area (Å²) in [5.41, 5.74) is 3.95. The van der Waals surface area contributed by atoms with Crippen LogP contribution in [-0.4, -0.2) is 29.8 Å². The largest absolute Gasteiger partial charge is 0.453 e. The first-order valence-electron chi connectivity index (χ1n) is 9.31. The average Bonchev–Trinajstić information content (AvgIpc) is 2.68. The Morgan fingerprint density at radius 2 is 1.93 bits per heavy atom. The van der Waals surface area contributed by atoms with Crippen LogP contribution in [0.25, 0.3) is 33.3 Å². The van der Waals surface area contributed by atoms with E-state index in [9.17, 15) is 9.90 Å². The van der Waals surface area contributed by atoms with E-state index in [1.165, 1.54) is 6.07 Å². The molecule has 1 N–H and O–H groups in total. The molecule has 0 saturated heterocycles. The summed E-state index contributed by atoms with van der Waals surface area (Å²) in [7, 11) is 0. The Kier molecular flexibility index (Phi) is 4.54. The summed E-state index contributed by atoms with van der Waals surface area (Å²) in [4.78, 5) is 19.6.